The number of aliphatic carboxylic acids is 1. The average molecular weight is 658 g/mol. The summed E-state index contributed by atoms with van der Waals surface area (Å²) in [4.78, 5) is 25.7. The van der Waals surface area contributed by atoms with E-state index in [0.717, 1.165) is 86.3 Å². The van der Waals surface area contributed by atoms with E-state index in [2.05, 4.69) is 11.0 Å². The topological polar surface area (TPSA) is 93.4 Å². The van der Waals surface area contributed by atoms with Crippen LogP contribution in [0.1, 0.15) is 81.7 Å². The van der Waals surface area contributed by atoms with Crippen molar-refractivity contribution in [2.75, 3.05) is 13.1 Å². The number of hydrogen-bond acceptors (Lipinski definition) is 7. The minimum absolute atomic E-state index is 0.385. The number of benzene rings is 2. The van der Waals surface area contributed by atoms with Gasteiger partial charge in [0.2, 0.25) is 0 Å². The van der Waals surface area contributed by atoms with Gasteiger partial charge in [-0.3, -0.25) is 4.68 Å². The Morgan fingerprint density at radius 3 is 2.41 bits per heavy atom. The Bertz CT molecular complexity index is 1930. The molecule has 1 saturated carbocycles. The van der Waals surface area contributed by atoms with Gasteiger partial charge in [0.25, 0.3) is 0 Å². The lowest BCUT2D eigenvalue weighted by atomic mass is 9.86. The molecular formula is C36H40ClN5O3S. The summed E-state index contributed by atoms with van der Waals surface area (Å²) in [5, 5.41) is 16.8. The van der Waals surface area contributed by atoms with Gasteiger partial charge >= 0.3 is 5.97 Å². The van der Waals surface area contributed by atoms with Crippen molar-refractivity contribution in [2.45, 2.75) is 83.5 Å². The first kappa shape index (κ1) is 31.2. The van der Waals surface area contributed by atoms with E-state index in [4.69, 9.17) is 31.4 Å². The molecule has 240 valence electrons. The van der Waals surface area contributed by atoms with E-state index >= 15 is 0 Å². The average Bonchev–Trinajstić information content (AvgIpc) is 3.55. The molecule has 2 aliphatic rings. The summed E-state index contributed by atoms with van der Waals surface area (Å²) in [5.74, 6) is -0.650. The first-order valence-corrected chi connectivity index (χ1v) is 17.3. The summed E-state index contributed by atoms with van der Waals surface area (Å²) in [7, 11) is 2.00. The van der Waals surface area contributed by atoms with Gasteiger partial charge < -0.3 is 14.7 Å². The van der Waals surface area contributed by atoms with Gasteiger partial charge in [0.15, 0.2) is 6.10 Å². The maximum absolute atomic E-state index is 12.7. The number of aryl methyl sites for hydroxylation is 2. The summed E-state index contributed by atoms with van der Waals surface area (Å²) < 4.78 is 9.02. The Morgan fingerprint density at radius 2 is 1.78 bits per heavy atom. The number of carboxylic acids is 1. The smallest absolute Gasteiger partial charge is 0.337 e. The van der Waals surface area contributed by atoms with Crippen LogP contribution in [0.4, 0.5) is 0 Å². The second kappa shape index (κ2) is 12.0. The minimum Gasteiger partial charge on any atom is -0.479 e. The lowest BCUT2D eigenvalue weighted by Gasteiger charge is -2.41. The van der Waals surface area contributed by atoms with E-state index in [-0.39, 0.29) is 0 Å². The van der Waals surface area contributed by atoms with E-state index in [0.29, 0.717) is 16.5 Å². The fraction of sp³-hybridized carbons (Fsp3) is 0.444. The summed E-state index contributed by atoms with van der Waals surface area (Å²) in [6.45, 7) is 9.78. The minimum atomic E-state index is -1.16. The number of thiazole rings is 1. The number of fused-ring (bicyclic) bond motifs is 2. The molecule has 46 heavy (non-hydrogen) atoms. The molecule has 1 N–H and O–H groups in total. The van der Waals surface area contributed by atoms with E-state index in [9.17, 15) is 9.90 Å². The van der Waals surface area contributed by atoms with Crippen LogP contribution in [0.5, 0.6) is 0 Å². The van der Waals surface area contributed by atoms with Gasteiger partial charge in [-0.25, -0.2) is 14.8 Å². The normalized spacial score (nSPS) is 17.5. The quantitative estimate of drug-likeness (QED) is 0.187. The number of halogens is 1. The van der Waals surface area contributed by atoms with Crippen molar-refractivity contribution in [3.8, 4) is 21.8 Å². The maximum Gasteiger partial charge on any atom is 0.337 e. The lowest BCUT2D eigenvalue weighted by Crippen LogP contribution is -2.44. The Morgan fingerprint density at radius 1 is 1.07 bits per heavy atom. The predicted octanol–water partition coefficient (Wildman–Crippen LogP) is 8.55. The summed E-state index contributed by atoms with van der Waals surface area (Å²) in [5.41, 5.74) is 7.04. The zero-order valence-electron chi connectivity index (χ0n) is 27.0. The molecule has 5 aromatic rings. The molecule has 1 saturated heterocycles. The van der Waals surface area contributed by atoms with Gasteiger partial charge in [-0.1, -0.05) is 30.2 Å². The standard InChI is InChI=1S/C36H40ClN5O3S/c1-20-19-26-33(29(21-9-11-23(37)12-10-21)28(20)32(35(43)44)45-36(2,3)4)46-34(39-26)25-13-14-27-31(38-25)30(40-41(27)5)22-15-17-42(18-16-22)24-7-6-8-24/h9-14,19,22,24,32H,6-8,15-18H2,1-5H3,(H,43,44)/t32-/m0/s1. The van der Waals surface area contributed by atoms with Crippen molar-refractivity contribution >= 4 is 50.2 Å². The molecule has 0 spiro atoms. The molecule has 1 aliphatic carbocycles. The SMILES string of the molecule is Cc1cc2nc(-c3ccc4c(n3)c(C3CCN(C5CCC5)CC3)nn4C)sc2c(-c2ccc(Cl)cc2)c1[C@H](OC(C)(C)C)C(=O)O. The fourth-order valence-corrected chi connectivity index (χ4v) is 8.22. The van der Waals surface area contributed by atoms with Crippen LogP contribution < -0.4 is 0 Å². The zero-order chi connectivity index (χ0) is 32.3. The molecule has 1 aliphatic heterocycles. The molecule has 0 radical (unpaired) electrons. The molecule has 10 heteroatoms. The number of rotatable bonds is 7. The van der Waals surface area contributed by atoms with Gasteiger partial charge in [-0.05, 0) is 108 Å². The summed E-state index contributed by atoms with van der Waals surface area (Å²) in [6.07, 6.45) is 5.08. The molecule has 1 atom stereocenters. The number of nitrogens with zero attached hydrogens (tertiary/aromatic N) is 5. The third kappa shape index (κ3) is 5.83. The van der Waals surface area contributed by atoms with Crippen molar-refractivity contribution in [2.24, 2.45) is 7.05 Å². The number of aromatic nitrogens is 4. The first-order valence-electron chi connectivity index (χ1n) is 16.2. The van der Waals surface area contributed by atoms with Crippen LogP contribution in [0, 0.1) is 6.92 Å². The lowest BCUT2D eigenvalue weighted by molar-refractivity contribution is -0.160. The van der Waals surface area contributed by atoms with Crippen LogP contribution in [0.3, 0.4) is 0 Å². The number of likely N-dealkylation sites (tertiary alicyclic amines) is 1. The molecule has 2 aromatic carbocycles. The van der Waals surface area contributed by atoms with Crippen LogP contribution in [0.25, 0.3) is 43.1 Å². The third-order valence-electron chi connectivity index (χ3n) is 9.47. The van der Waals surface area contributed by atoms with E-state index < -0.39 is 17.7 Å². The molecule has 7 rings (SSSR count). The van der Waals surface area contributed by atoms with Gasteiger partial charge in [0.05, 0.1) is 32.7 Å². The Kier molecular flexibility index (Phi) is 8.16. The Labute approximate surface area is 278 Å². The maximum atomic E-state index is 12.7. The van der Waals surface area contributed by atoms with Gasteiger partial charge in [-0.15, -0.1) is 11.3 Å². The highest BCUT2D eigenvalue weighted by atomic mass is 35.5. The molecule has 0 amide bonds. The molecule has 4 heterocycles. The molecule has 0 bridgehead atoms. The predicted molar refractivity (Wildman–Crippen MR) is 185 cm³/mol. The van der Waals surface area contributed by atoms with Gasteiger partial charge in [0, 0.05) is 35.2 Å². The summed E-state index contributed by atoms with van der Waals surface area (Å²) >= 11 is 7.80. The Balaban J connectivity index is 1.33. The van der Waals surface area contributed by atoms with Crippen LogP contribution >= 0.6 is 22.9 Å². The van der Waals surface area contributed by atoms with Crippen molar-refractivity contribution < 1.29 is 14.6 Å². The number of piperidine rings is 1. The van der Waals surface area contributed by atoms with Crippen molar-refractivity contribution in [3.05, 3.63) is 64.3 Å². The zero-order valence-corrected chi connectivity index (χ0v) is 28.6. The first-order chi connectivity index (χ1) is 22.0. The van der Waals surface area contributed by atoms with Crippen LogP contribution in [0.2, 0.25) is 5.02 Å². The number of carboxylic acid groups (broad SMARTS) is 1. The van der Waals surface area contributed by atoms with E-state index in [1.54, 1.807) is 0 Å². The third-order valence-corrected chi connectivity index (χ3v) is 10.8. The molecule has 3 aromatic heterocycles. The molecular weight excluding hydrogens is 618 g/mol. The van der Waals surface area contributed by atoms with Crippen molar-refractivity contribution in [1.29, 1.82) is 0 Å². The largest absolute Gasteiger partial charge is 0.479 e. The highest BCUT2D eigenvalue weighted by molar-refractivity contribution is 7.22. The van der Waals surface area contributed by atoms with Gasteiger partial charge in [-0.2, -0.15) is 5.10 Å². The highest BCUT2D eigenvalue weighted by Gasteiger charge is 2.33. The van der Waals surface area contributed by atoms with Crippen LogP contribution in [-0.2, 0) is 16.6 Å². The van der Waals surface area contributed by atoms with Crippen LogP contribution in [0.15, 0.2) is 42.5 Å². The molecule has 0 unspecified atom stereocenters. The summed E-state index contributed by atoms with van der Waals surface area (Å²) in [6, 6.07) is 14.4. The molecule has 8 nitrogen and oxygen atoms in total. The van der Waals surface area contributed by atoms with Crippen molar-refractivity contribution in [1.82, 2.24) is 24.6 Å². The number of pyridine rings is 1. The Hall–Kier alpha value is -3.37. The number of carbonyl (C=O) groups is 1. The molecule has 2 fully saturated rings. The second-order valence-corrected chi connectivity index (χ2v) is 15.2. The monoisotopic (exact) mass is 657 g/mol. The second-order valence-electron chi connectivity index (χ2n) is 13.8. The number of ether oxygens (including phenoxy) is 1. The van der Waals surface area contributed by atoms with E-state index in [1.807, 2.05) is 75.8 Å². The van der Waals surface area contributed by atoms with Crippen LogP contribution in [-0.4, -0.2) is 60.5 Å². The highest BCUT2D eigenvalue weighted by Crippen LogP contribution is 2.45. The fourth-order valence-electron chi connectivity index (χ4n) is 7.00. The number of hydrogen-bond donors (Lipinski definition) is 1. The van der Waals surface area contributed by atoms with E-state index in [1.165, 1.54) is 30.6 Å². The van der Waals surface area contributed by atoms with Crippen molar-refractivity contribution in [3.63, 3.8) is 0 Å². The van der Waals surface area contributed by atoms with Gasteiger partial charge in [0.1, 0.15) is 10.5 Å².